The summed E-state index contributed by atoms with van der Waals surface area (Å²) in [5, 5.41) is 3.12. The molecule has 0 aliphatic heterocycles. The molecule has 1 aromatic rings. The van der Waals surface area contributed by atoms with Gasteiger partial charge in [-0.3, -0.25) is 0 Å². The second-order valence-corrected chi connectivity index (χ2v) is 5.63. The SMILES string of the molecule is CCNCc1cc(S(=O)(=O)NC(C)C)c[nH]1. The Labute approximate surface area is 96.7 Å². The molecule has 0 aliphatic carbocycles. The minimum Gasteiger partial charge on any atom is -0.363 e. The average molecular weight is 245 g/mol. The molecule has 0 spiro atoms. The van der Waals surface area contributed by atoms with Crippen LogP contribution in [0.25, 0.3) is 0 Å². The van der Waals surface area contributed by atoms with E-state index in [2.05, 4.69) is 15.0 Å². The Morgan fingerprint density at radius 2 is 2.12 bits per heavy atom. The molecule has 0 saturated carbocycles. The van der Waals surface area contributed by atoms with E-state index < -0.39 is 10.0 Å². The van der Waals surface area contributed by atoms with Crippen LogP contribution in [0.1, 0.15) is 26.5 Å². The maximum absolute atomic E-state index is 11.8. The third kappa shape index (κ3) is 3.62. The third-order valence-electron chi connectivity index (χ3n) is 1.98. The van der Waals surface area contributed by atoms with E-state index in [1.54, 1.807) is 19.9 Å². The summed E-state index contributed by atoms with van der Waals surface area (Å²) in [6, 6.07) is 1.55. The lowest BCUT2D eigenvalue weighted by Crippen LogP contribution is -2.29. The molecule has 0 atom stereocenters. The van der Waals surface area contributed by atoms with Gasteiger partial charge in [0, 0.05) is 24.5 Å². The molecule has 0 amide bonds. The van der Waals surface area contributed by atoms with Crippen molar-refractivity contribution < 1.29 is 8.42 Å². The van der Waals surface area contributed by atoms with Crippen LogP contribution in [0.15, 0.2) is 17.2 Å². The van der Waals surface area contributed by atoms with Crippen molar-refractivity contribution in [3.63, 3.8) is 0 Å². The Balaban J connectivity index is 2.77. The van der Waals surface area contributed by atoms with E-state index >= 15 is 0 Å². The van der Waals surface area contributed by atoms with Gasteiger partial charge in [0.25, 0.3) is 0 Å². The van der Waals surface area contributed by atoms with Gasteiger partial charge in [0.15, 0.2) is 0 Å². The van der Waals surface area contributed by atoms with Crippen LogP contribution in [-0.2, 0) is 16.6 Å². The van der Waals surface area contributed by atoms with Crippen LogP contribution in [0.5, 0.6) is 0 Å². The number of sulfonamides is 1. The largest absolute Gasteiger partial charge is 0.363 e. The Morgan fingerprint density at radius 3 is 2.69 bits per heavy atom. The van der Waals surface area contributed by atoms with Crippen LogP contribution >= 0.6 is 0 Å². The van der Waals surface area contributed by atoms with Crippen molar-refractivity contribution in [2.75, 3.05) is 6.54 Å². The van der Waals surface area contributed by atoms with Gasteiger partial charge >= 0.3 is 0 Å². The first-order valence-electron chi connectivity index (χ1n) is 5.36. The second kappa shape index (κ2) is 5.47. The summed E-state index contributed by atoms with van der Waals surface area (Å²) in [5.41, 5.74) is 0.867. The lowest BCUT2D eigenvalue weighted by molar-refractivity contribution is 0.570. The molecular formula is C10H19N3O2S. The van der Waals surface area contributed by atoms with Gasteiger partial charge in [0.2, 0.25) is 10.0 Å². The van der Waals surface area contributed by atoms with E-state index in [-0.39, 0.29) is 10.9 Å². The topological polar surface area (TPSA) is 74.0 Å². The number of aromatic amines is 1. The molecule has 16 heavy (non-hydrogen) atoms. The van der Waals surface area contributed by atoms with E-state index in [9.17, 15) is 8.42 Å². The Kier molecular flexibility index (Phi) is 4.52. The van der Waals surface area contributed by atoms with Crippen LogP contribution in [0.4, 0.5) is 0 Å². The first-order valence-corrected chi connectivity index (χ1v) is 6.84. The van der Waals surface area contributed by atoms with Crippen molar-refractivity contribution in [1.29, 1.82) is 0 Å². The fraction of sp³-hybridized carbons (Fsp3) is 0.600. The quantitative estimate of drug-likeness (QED) is 0.694. The fourth-order valence-corrected chi connectivity index (χ4v) is 2.58. The molecule has 0 aliphatic rings. The van der Waals surface area contributed by atoms with Crippen molar-refractivity contribution >= 4 is 10.0 Å². The molecule has 0 saturated heterocycles. The van der Waals surface area contributed by atoms with Crippen LogP contribution in [0, 0.1) is 0 Å². The summed E-state index contributed by atoms with van der Waals surface area (Å²) in [6.07, 6.45) is 1.51. The lowest BCUT2D eigenvalue weighted by Gasteiger charge is -2.07. The molecule has 1 rings (SSSR count). The molecule has 0 bridgehead atoms. The van der Waals surface area contributed by atoms with E-state index in [0.717, 1.165) is 12.2 Å². The number of hydrogen-bond acceptors (Lipinski definition) is 3. The average Bonchev–Trinajstić information content (AvgIpc) is 2.61. The molecular weight excluding hydrogens is 226 g/mol. The third-order valence-corrected chi connectivity index (χ3v) is 3.62. The number of hydrogen-bond donors (Lipinski definition) is 3. The Morgan fingerprint density at radius 1 is 1.44 bits per heavy atom. The van der Waals surface area contributed by atoms with E-state index in [1.165, 1.54) is 6.20 Å². The van der Waals surface area contributed by atoms with Gasteiger partial charge in [-0.15, -0.1) is 0 Å². The molecule has 3 N–H and O–H groups in total. The molecule has 1 aromatic heterocycles. The first kappa shape index (κ1) is 13.2. The second-order valence-electron chi connectivity index (χ2n) is 3.92. The van der Waals surface area contributed by atoms with Gasteiger partial charge in [0.1, 0.15) is 0 Å². The highest BCUT2D eigenvalue weighted by Gasteiger charge is 2.16. The predicted octanol–water partition coefficient (Wildman–Crippen LogP) is 0.811. The van der Waals surface area contributed by atoms with Gasteiger partial charge in [-0.1, -0.05) is 6.92 Å². The van der Waals surface area contributed by atoms with Gasteiger partial charge in [-0.05, 0) is 26.5 Å². The highest BCUT2D eigenvalue weighted by molar-refractivity contribution is 7.89. The van der Waals surface area contributed by atoms with Gasteiger partial charge in [-0.25, -0.2) is 13.1 Å². The van der Waals surface area contributed by atoms with E-state index in [1.807, 2.05) is 6.92 Å². The van der Waals surface area contributed by atoms with Crippen molar-refractivity contribution in [2.45, 2.75) is 38.3 Å². The molecule has 0 unspecified atom stereocenters. The number of H-pyrrole nitrogens is 1. The molecule has 92 valence electrons. The first-order chi connectivity index (χ1) is 7.45. The van der Waals surface area contributed by atoms with Crippen LogP contribution in [-0.4, -0.2) is 26.0 Å². The minimum absolute atomic E-state index is 0.0999. The molecule has 0 radical (unpaired) electrons. The monoisotopic (exact) mass is 245 g/mol. The van der Waals surface area contributed by atoms with Crippen LogP contribution in [0.3, 0.4) is 0 Å². The zero-order chi connectivity index (χ0) is 12.2. The minimum atomic E-state index is -3.37. The Bertz CT molecular complexity index is 423. The summed E-state index contributed by atoms with van der Waals surface area (Å²) >= 11 is 0. The molecule has 6 heteroatoms. The van der Waals surface area contributed by atoms with Gasteiger partial charge < -0.3 is 10.3 Å². The molecule has 0 fully saturated rings. The maximum Gasteiger partial charge on any atom is 0.242 e. The highest BCUT2D eigenvalue weighted by atomic mass is 32.2. The standard InChI is InChI=1S/C10H19N3O2S/c1-4-11-6-9-5-10(7-12-9)16(14,15)13-8(2)3/h5,7-8,11-13H,4,6H2,1-3H3. The maximum atomic E-state index is 11.8. The van der Waals surface area contributed by atoms with Crippen molar-refractivity contribution in [3.8, 4) is 0 Å². The summed E-state index contributed by atoms with van der Waals surface area (Å²) in [7, 11) is -3.37. The Hall–Kier alpha value is -0.850. The zero-order valence-electron chi connectivity index (χ0n) is 9.87. The van der Waals surface area contributed by atoms with E-state index in [4.69, 9.17) is 0 Å². The highest BCUT2D eigenvalue weighted by Crippen LogP contribution is 2.10. The van der Waals surface area contributed by atoms with Crippen molar-refractivity contribution in [3.05, 3.63) is 18.0 Å². The van der Waals surface area contributed by atoms with E-state index in [0.29, 0.717) is 6.54 Å². The van der Waals surface area contributed by atoms with Gasteiger partial charge in [0.05, 0.1) is 4.90 Å². The summed E-state index contributed by atoms with van der Waals surface area (Å²) in [5.74, 6) is 0. The zero-order valence-corrected chi connectivity index (χ0v) is 10.7. The normalized spacial score (nSPS) is 12.2. The summed E-state index contributed by atoms with van der Waals surface area (Å²) < 4.78 is 26.1. The summed E-state index contributed by atoms with van der Waals surface area (Å²) in [6.45, 7) is 7.09. The van der Waals surface area contributed by atoms with Crippen LogP contribution in [0.2, 0.25) is 0 Å². The van der Waals surface area contributed by atoms with Crippen molar-refractivity contribution in [1.82, 2.24) is 15.0 Å². The molecule has 0 aromatic carbocycles. The van der Waals surface area contributed by atoms with Crippen molar-refractivity contribution in [2.24, 2.45) is 0 Å². The van der Waals surface area contributed by atoms with Gasteiger partial charge in [-0.2, -0.15) is 0 Å². The van der Waals surface area contributed by atoms with Crippen LogP contribution < -0.4 is 10.0 Å². The lowest BCUT2D eigenvalue weighted by atomic mass is 10.4. The number of aromatic nitrogens is 1. The fourth-order valence-electron chi connectivity index (χ4n) is 1.31. The molecule has 5 nitrogen and oxygen atoms in total. The molecule has 1 heterocycles. The number of rotatable bonds is 6. The number of nitrogens with one attached hydrogen (secondary N) is 3. The summed E-state index contributed by atoms with van der Waals surface area (Å²) in [4.78, 5) is 3.22. The smallest absolute Gasteiger partial charge is 0.242 e. The predicted molar refractivity (Wildman–Crippen MR) is 63.6 cm³/mol.